The van der Waals surface area contributed by atoms with Crippen LogP contribution in [0.25, 0.3) is 0 Å². The fraction of sp³-hybridized carbons (Fsp3) is 0.0909. The maximum absolute atomic E-state index is 13.3. The Kier molecular flexibility index (Phi) is 8.92. The Labute approximate surface area is 215 Å². The van der Waals surface area contributed by atoms with Crippen LogP contribution in [0.4, 0.5) is 0 Å². The van der Waals surface area contributed by atoms with Crippen molar-refractivity contribution in [2.24, 2.45) is 5.10 Å². The molecule has 0 saturated heterocycles. The van der Waals surface area contributed by atoms with Crippen molar-refractivity contribution in [3.05, 3.63) is 97.4 Å². The van der Waals surface area contributed by atoms with Crippen molar-refractivity contribution < 1.29 is 13.2 Å². The number of hydrogen-bond acceptors (Lipinski definition) is 4. The van der Waals surface area contributed by atoms with E-state index in [4.69, 9.17) is 34.8 Å². The quantitative estimate of drug-likeness (QED) is 0.269. The zero-order valence-corrected chi connectivity index (χ0v) is 21.6. The van der Waals surface area contributed by atoms with Gasteiger partial charge in [0.15, 0.2) is 0 Å². The van der Waals surface area contributed by atoms with E-state index in [9.17, 15) is 13.2 Å². The van der Waals surface area contributed by atoms with Gasteiger partial charge < -0.3 is 0 Å². The van der Waals surface area contributed by atoms with E-state index in [1.807, 2.05) is 0 Å². The third kappa shape index (κ3) is 7.27. The first-order valence-electron chi connectivity index (χ1n) is 9.42. The molecule has 0 spiro atoms. The molecule has 3 aromatic rings. The Balaban J connectivity index is 1.79. The molecule has 0 atom stereocenters. The van der Waals surface area contributed by atoms with Gasteiger partial charge in [0.05, 0.1) is 22.7 Å². The minimum absolute atomic E-state index is 0.0320. The minimum Gasteiger partial charge on any atom is -0.272 e. The van der Waals surface area contributed by atoms with E-state index < -0.39 is 22.5 Å². The number of hydrogen-bond donors (Lipinski definition) is 1. The molecule has 0 aromatic heterocycles. The van der Waals surface area contributed by atoms with Crippen LogP contribution in [0, 0.1) is 0 Å². The molecule has 172 valence electrons. The summed E-state index contributed by atoms with van der Waals surface area (Å²) in [5.41, 5.74) is 3.55. The fourth-order valence-corrected chi connectivity index (χ4v) is 4.98. The zero-order valence-electron chi connectivity index (χ0n) is 16.9. The van der Waals surface area contributed by atoms with Crippen molar-refractivity contribution in [2.75, 3.05) is 6.54 Å². The van der Waals surface area contributed by atoms with Gasteiger partial charge in [0.25, 0.3) is 5.91 Å². The number of sulfonamides is 1. The summed E-state index contributed by atoms with van der Waals surface area (Å²) in [5.74, 6) is -0.619. The number of hydrazone groups is 1. The number of amides is 1. The molecule has 3 rings (SSSR count). The highest BCUT2D eigenvalue weighted by Crippen LogP contribution is 2.22. The van der Waals surface area contributed by atoms with Crippen LogP contribution in [-0.4, -0.2) is 31.4 Å². The molecule has 0 fully saturated rings. The van der Waals surface area contributed by atoms with Gasteiger partial charge in [-0.15, -0.1) is 0 Å². The first-order valence-corrected chi connectivity index (χ1v) is 12.8. The summed E-state index contributed by atoms with van der Waals surface area (Å²) >= 11 is 21.2. The van der Waals surface area contributed by atoms with Crippen LogP contribution in [0.5, 0.6) is 0 Å². The van der Waals surface area contributed by atoms with Crippen LogP contribution in [0.2, 0.25) is 15.1 Å². The van der Waals surface area contributed by atoms with Crippen molar-refractivity contribution in [1.82, 2.24) is 9.73 Å². The summed E-state index contributed by atoms with van der Waals surface area (Å²) < 4.78 is 28.3. The van der Waals surface area contributed by atoms with Gasteiger partial charge in [-0.25, -0.2) is 13.8 Å². The van der Waals surface area contributed by atoms with E-state index in [1.54, 1.807) is 54.6 Å². The van der Waals surface area contributed by atoms with Crippen molar-refractivity contribution in [1.29, 1.82) is 0 Å². The smallest absolute Gasteiger partial charge is 0.255 e. The Morgan fingerprint density at radius 2 is 1.61 bits per heavy atom. The summed E-state index contributed by atoms with van der Waals surface area (Å²) in [7, 11) is -3.98. The highest BCUT2D eigenvalue weighted by molar-refractivity contribution is 9.10. The number of rotatable bonds is 8. The lowest BCUT2D eigenvalue weighted by atomic mass is 10.2. The van der Waals surface area contributed by atoms with E-state index >= 15 is 0 Å². The van der Waals surface area contributed by atoms with Gasteiger partial charge in [0, 0.05) is 26.6 Å². The predicted octanol–water partition coefficient (Wildman–Crippen LogP) is 5.75. The predicted molar refractivity (Wildman–Crippen MR) is 135 cm³/mol. The Morgan fingerprint density at radius 1 is 0.970 bits per heavy atom. The molecule has 0 unspecified atom stereocenters. The third-order valence-electron chi connectivity index (χ3n) is 4.40. The molecule has 0 aliphatic heterocycles. The van der Waals surface area contributed by atoms with Crippen LogP contribution in [0.15, 0.2) is 81.2 Å². The van der Waals surface area contributed by atoms with Crippen LogP contribution in [-0.2, 0) is 21.4 Å². The topological polar surface area (TPSA) is 78.8 Å². The standard InChI is InChI=1S/C22H17BrCl3N3O3S/c23-17-4-9-20(10-5-17)33(31,32)29(13-15-1-6-18(24)7-2-15)14-22(30)28-27-12-16-3-8-19(25)11-21(16)26/h1-12H,13-14H2,(H,28,30)/b27-12-. The molecule has 11 heteroatoms. The van der Waals surface area contributed by atoms with Gasteiger partial charge in [0.1, 0.15) is 0 Å². The molecule has 1 N–H and O–H groups in total. The van der Waals surface area contributed by atoms with Gasteiger partial charge in [-0.3, -0.25) is 4.79 Å². The summed E-state index contributed by atoms with van der Waals surface area (Å²) in [4.78, 5) is 12.6. The largest absolute Gasteiger partial charge is 0.272 e. The first-order chi connectivity index (χ1) is 15.6. The lowest BCUT2D eigenvalue weighted by molar-refractivity contribution is -0.121. The molecule has 0 saturated carbocycles. The average molecular weight is 590 g/mol. The number of carbonyl (C=O) groups is 1. The molecule has 0 aliphatic carbocycles. The van der Waals surface area contributed by atoms with Crippen molar-refractivity contribution in [3.8, 4) is 0 Å². The fourth-order valence-electron chi connectivity index (χ4n) is 2.75. The second-order valence-corrected chi connectivity index (χ2v) is 10.9. The molecular formula is C22H17BrCl3N3O3S. The van der Waals surface area contributed by atoms with E-state index in [0.717, 1.165) is 8.78 Å². The van der Waals surface area contributed by atoms with Gasteiger partial charge in [-0.2, -0.15) is 9.41 Å². The third-order valence-corrected chi connectivity index (χ3v) is 7.55. The molecular weight excluding hydrogens is 573 g/mol. The summed E-state index contributed by atoms with van der Waals surface area (Å²) in [6.07, 6.45) is 1.35. The molecule has 0 heterocycles. The van der Waals surface area contributed by atoms with Gasteiger partial charge >= 0.3 is 0 Å². The molecule has 0 bridgehead atoms. The van der Waals surface area contributed by atoms with Gasteiger partial charge in [-0.1, -0.05) is 68.9 Å². The lowest BCUT2D eigenvalue weighted by Gasteiger charge is -2.21. The van der Waals surface area contributed by atoms with E-state index in [-0.39, 0.29) is 11.4 Å². The number of halogens is 4. The zero-order chi connectivity index (χ0) is 24.0. The maximum atomic E-state index is 13.3. The first kappa shape index (κ1) is 25.7. The average Bonchev–Trinajstić information content (AvgIpc) is 2.76. The molecule has 0 radical (unpaired) electrons. The monoisotopic (exact) mass is 587 g/mol. The summed E-state index contributed by atoms with van der Waals surface area (Å²) in [5, 5.41) is 5.23. The highest BCUT2D eigenvalue weighted by atomic mass is 79.9. The molecule has 3 aromatic carbocycles. The second kappa shape index (κ2) is 11.5. The number of nitrogens with zero attached hydrogens (tertiary/aromatic N) is 2. The van der Waals surface area contributed by atoms with Crippen LogP contribution in [0.1, 0.15) is 11.1 Å². The van der Waals surface area contributed by atoms with Crippen molar-refractivity contribution in [3.63, 3.8) is 0 Å². The SMILES string of the molecule is O=C(CN(Cc1ccc(Cl)cc1)S(=O)(=O)c1ccc(Br)cc1)N/N=C\c1ccc(Cl)cc1Cl. The maximum Gasteiger partial charge on any atom is 0.255 e. The molecule has 6 nitrogen and oxygen atoms in total. The number of nitrogens with one attached hydrogen (secondary N) is 1. The van der Waals surface area contributed by atoms with Gasteiger partial charge in [-0.05, 0) is 54.1 Å². The van der Waals surface area contributed by atoms with Crippen LogP contribution >= 0.6 is 50.7 Å². The lowest BCUT2D eigenvalue weighted by Crippen LogP contribution is -2.39. The number of benzene rings is 3. The van der Waals surface area contributed by atoms with Crippen LogP contribution < -0.4 is 5.43 Å². The highest BCUT2D eigenvalue weighted by Gasteiger charge is 2.27. The molecule has 0 aliphatic rings. The second-order valence-electron chi connectivity index (χ2n) is 6.81. The number of carbonyl (C=O) groups excluding carboxylic acids is 1. The Hall–Kier alpha value is -1.94. The van der Waals surface area contributed by atoms with E-state index in [1.165, 1.54) is 18.3 Å². The van der Waals surface area contributed by atoms with E-state index in [0.29, 0.717) is 26.2 Å². The molecule has 1 amide bonds. The summed E-state index contributed by atoms with van der Waals surface area (Å²) in [6.45, 7) is -0.484. The Morgan fingerprint density at radius 3 is 2.24 bits per heavy atom. The molecule has 33 heavy (non-hydrogen) atoms. The Bertz CT molecular complexity index is 1270. The summed E-state index contributed by atoms with van der Waals surface area (Å²) in [6, 6.07) is 17.7. The normalized spacial score (nSPS) is 11.8. The minimum atomic E-state index is -3.98. The van der Waals surface area contributed by atoms with Crippen molar-refractivity contribution >= 4 is 72.9 Å². The van der Waals surface area contributed by atoms with E-state index in [2.05, 4.69) is 26.5 Å². The van der Waals surface area contributed by atoms with Crippen LogP contribution in [0.3, 0.4) is 0 Å². The van der Waals surface area contributed by atoms with Gasteiger partial charge in [0.2, 0.25) is 10.0 Å². The van der Waals surface area contributed by atoms with Crippen molar-refractivity contribution in [2.45, 2.75) is 11.4 Å².